The van der Waals surface area contributed by atoms with Gasteiger partial charge in [-0.25, -0.2) is 4.79 Å². The van der Waals surface area contributed by atoms with Gasteiger partial charge in [-0.2, -0.15) is 0 Å². The molecule has 0 aliphatic rings. The number of halogens is 1. The first-order chi connectivity index (χ1) is 7.71. The minimum Gasteiger partial charge on any atom is -0.478 e. The van der Waals surface area contributed by atoms with Crippen molar-refractivity contribution in [1.82, 2.24) is 0 Å². The van der Waals surface area contributed by atoms with E-state index < -0.39 is 17.4 Å². The molecular formula is C11H13BrN2O3. The summed E-state index contributed by atoms with van der Waals surface area (Å²) >= 11 is 3.21. The lowest BCUT2D eigenvalue weighted by molar-refractivity contribution is -0.120. The van der Waals surface area contributed by atoms with Crippen LogP contribution in [0.5, 0.6) is 0 Å². The third kappa shape index (κ3) is 3.54. The number of hydrogen-bond acceptors (Lipinski definition) is 3. The first kappa shape index (κ1) is 13.7. The van der Waals surface area contributed by atoms with Gasteiger partial charge in [0.25, 0.3) is 0 Å². The molecule has 92 valence electrons. The summed E-state index contributed by atoms with van der Waals surface area (Å²) in [5.74, 6) is -1.55. The summed E-state index contributed by atoms with van der Waals surface area (Å²) in [6, 6.07) is 4.52. The molecule has 0 atom stereocenters. The largest absolute Gasteiger partial charge is 0.478 e. The summed E-state index contributed by atoms with van der Waals surface area (Å²) in [5.41, 5.74) is 4.79. The van der Waals surface area contributed by atoms with E-state index in [1.54, 1.807) is 19.9 Å². The molecule has 0 saturated carbocycles. The highest BCUT2D eigenvalue weighted by Gasteiger charge is 2.23. The third-order valence-corrected chi connectivity index (χ3v) is 2.54. The molecular weight excluding hydrogens is 288 g/mol. The first-order valence-corrected chi connectivity index (χ1v) is 5.64. The molecule has 1 rings (SSSR count). The van der Waals surface area contributed by atoms with Gasteiger partial charge in [0.2, 0.25) is 5.91 Å². The number of benzene rings is 1. The molecule has 0 fully saturated rings. The molecule has 4 N–H and O–H groups in total. The molecule has 0 heterocycles. The van der Waals surface area contributed by atoms with E-state index in [1.165, 1.54) is 12.1 Å². The zero-order valence-corrected chi connectivity index (χ0v) is 11.0. The van der Waals surface area contributed by atoms with Gasteiger partial charge in [0.05, 0.1) is 16.8 Å². The Bertz CT molecular complexity index is 466. The molecule has 5 nitrogen and oxygen atoms in total. The van der Waals surface area contributed by atoms with Crippen molar-refractivity contribution in [3.05, 3.63) is 28.2 Å². The van der Waals surface area contributed by atoms with Crippen molar-refractivity contribution in [1.29, 1.82) is 0 Å². The van der Waals surface area contributed by atoms with E-state index in [4.69, 9.17) is 10.8 Å². The first-order valence-electron chi connectivity index (χ1n) is 4.85. The Labute approximate surface area is 107 Å². The van der Waals surface area contributed by atoms with Crippen LogP contribution in [-0.2, 0) is 4.79 Å². The molecule has 0 saturated heterocycles. The standard InChI is InChI=1S/C11H13BrN2O3/c1-11(2,13)10(17)14-8-5-6(12)3-4-7(8)9(15)16/h3-5H,13H2,1-2H3,(H,14,17)(H,15,16). The van der Waals surface area contributed by atoms with Gasteiger partial charge in [0.15, 0.2) is 0 Å². The maximum Gasteiger partial charge on any atom is 0.337 e. The second kappa shape index (κ2) is 4.85. The Morgan fingerprint density at radius 3 is 2.47 bits per heavy atom. The number of carbonyl (C=O) groups is 2. The van der Waals surface area contributed by atoms with Crippen LogP contribution in [0.15, 0.2) is 22.7 Å². The van der Waals surface area contributed by atoms with Crippen LogP contribution in [0.4, 0.5) is 5.69 Å². The summed E-state index contributed by atoms with van der Waals surface area (Å²) < 4.78 is 0.674. The Morgan fingerprint density at radius 1 is 1.41 bits per heavy atom. The molecule has 0 unspecified atom stereocenters. The number of nitrogens with one attached hydrogen (secondary N) is 1. The summed E-state index contributed by atoms with van der Waals surface area (Å²) in [6.45, 7) is 3.08. The number of hydrogen-bond donors (Lipinski definition) is 3. The predicted octanol–water partition coefficient (Wildman–Crippen LogP) is 1.82. The van der Waals surface area contributed by atoms with E-state index in [-0.39, 0.29) is 11.3 Å². The van der Waals surface area contributed by atoms with Crippen LogP contribution >= 0.6 is 15.9 Å². The van der Waals surface area contributed by atoms with Crippen LogP contribution in [0, 0.1) is 0 Å². The molecule has 0 aromatic heterocycles. The average Bonchev–Trinajstić information content (AvgIpc) is 2.15. The Balaban J connectivity index is 3.09. The van der Waals surface area contributed by atoms with Crippen molar-refractivity contribution in [3.63, 3.8) is 0 Å². The fourth-order valence-electron chi connectivity index (χ4n) is 1.09. The number of rotatable bonds is 3. The van der Waals surface area contributed by atoms with Crippen LogP contribution < -0.4 is 11.1 Å². The number of carbonyl (C=O) groups excluding carboxylic acids is 1. The number of nitrogens with two attached hydrogens (primary N) is 1. The van der Waals surface area contributed by atoms with E-state index in [2.05, 4.69) is 21.2 Å². The van der Waals surface area contributed by atoms with E-state index >= 15 is 0 Å². The molecule has 0 bridgehead atoms. The van der Waals surface area contributed by atoms with E-state index in [0.29, 0.717) is 4.47 Å². The van der Waals surface area contributed by atoms with E-state index in [1.807, 2.05) is 0 Å². The number of aromatic carboxylic acids is 1. The van der Waals surface area contributed by atoms with Crippen molar-refractivity contribution in [2.75, 3.05) is 5.32 Å². The number of anilines is 1. The van der Waals surface area contributed by atoms with Gasteiger partial charge in [-0.3, -0.25) is 4.79 Å². The topological polar surface area (TPSA) is 92.4 Å². The number of carboxylic acids is 1. The van der Waals surface area contributed by atoms with Crippen molar-refractivity contribution in [3.8, 4) is 0 Å². The SMILES string of the molecule is CC(C)(N)C(=O)Nc1cc(Br)ccc1C(=O)O. The molecule has 17 heavy (non-hydrogen) atoms. The lowest BCUT2D eigenvalue weighted by Crippen LogP contribution is -2.45. The summed E-state index contributed by atoms with van der Waals surface area (Å²) in [6.07, 6.45) is 0. The van der Waals surface area contributed by atoms with Gasteiger partial charge in [-0.05, 0) is 32.0 Å². The zero-order chi connectivity index (χ0) is 13.2. The van der Waals surface area contributed by atoms with Crippen LogP contribution in [0.1, 0.15) is 24.2 Å². The van der Waals surface area contributed by atoms with Gasteiger partial charge in [-0.1, -0.05) is 15.9 Å². The predicted molar refractivity (Wildman–Crippen MR) is 68.0 cm³/mol. The van der Waals surface area contributed by atoms with Crippen LogP contribution in [0.3, 0.4) is 0 Å². The molecule has 1 aromatic rings. The van der Waals surface area contributed by atoms with E-state index in [9.17, 15) is 9.59 Å². The summed E-state index contributed by atoms with van der Waals surface area (Å²) in [5, 5.41) is 11.5. The highest BCUT2D eigenvalue weighted by Crippen LogP contribution is 2.22. The maximum absolute atomic E-state index is 11.7. The molecule has 0 aliphatic carbocycles. The molecule has 1 amide bonds. The highest BCUT2D eigenvalue weighted by atomic mass is 79.9. The fraction of sp³-hybridized carbons (Fsp3) is 0.273. The van der Waals surface area contributed by atoms with Crippen LogP contribution in [-0.4, -0.2) is 22.5 Å². The van der Waals surface area contributed by atoms with Gasteiger partial charge in [0.1, 0.15) is 0 Å². The average molecular weight is 301 g/mol. The minimum atomic E-state index is -1.11. The van der Waals surface area contributed by atoms with Gasteiger partial charge in [-0.15, -0.1) is 0 Å². The third-order valence-electron chi connectivity index (χ3n) is 2.05. The number of carboxylic acid groups (broad SMARTS) is 1. The lowest BCUT2D eigenvalue weighted by atomic mass is 10.1. The number of amides is 1. The monoisotopic (exact) mass is 300 g/mol. The van der Waals surface area contributed by atoms with E-state index in [0.717, 1.165) is 0 Å². The van der Waals surface area contributed by atoms with Crippen molar-refractivity contribution in [2.45, 2.75) is 19.4 Å². The second-order valence-electron chi connectivity index (χ2n) is 4.17. The lowest BCUT2D eigenvalue weighted by Gasteiger charge is -2.18. The molecule has 1 aromatic carbocycles. The molecule has 0 radical (unpaired) electrons. The normalized spacial score (nSPS) is 11.1. The van der Waals surface area contributed by atoms with Gasteiger partial charge >= 0.3 is 5.97 Å². The quantitative estimate of drug-likeness (QED) is 0.794. The second-order valence-corrected chi connectivity index (χ2v) is 5.09. The maximum atomic E-state index is 11.7. The van der Waals surface area contributed by atoms with Crippen LogP contribution in [0.2, 0.25) is 0 Å². The highest BCUT2D eigenvalue weighted by molar-refractivity contribution is 9.10. The smallest absolute Gasteiger partial charge is 0.337 e. The Kier molecular flexibility index (Phi) is 3.90. The van der Waals surface area contributed by atoms with Crippen molar-refractivity contribution < 1.29 is 14.7 Å². The minimum absolute atomic E-state index is 0.0193. The van der Waals surface area contributed by atoms with Crippen molar-refractivity contribution >= 4 is 33.5 Å². The van der Waals surface area contributed by atoms with Gasteiger partial charge < -0.3 is 16.2 Å². The van der Waals surface area contributed by atoms with Crippen molar-refractivity contribution in [2.24, 2.45) is 5.73 Å². The Hall–Kier alpha value is -1.40. The molecule has 0 aliphatic heterocycles. The van der Waals surface area contributed by atoms with Crippen LogP contribution in [0.25, 0.3) is 0 Å². The fourth-order valence-corrected chi connectivity index (χ4v) is 1.45. The van der Waals surface area contributed by atoms with Gasteiger partial charge in [0, 0.05) is 4.47 Å². The molecule has 6 heteroatoms. The Morgan fingerprint density at radius 2 is 2.00 bits per heavy atom. The zero-order valence-electron chi connectivity index (χ0n) is 9.45. The summed E-state index contributed by atoms with van der Waals surface area (Å²) in [7, 11) is 0. The molecule has 0 spiro atoms. The summed E-state index contributed by atoms with van der Waals surface area (Å²) in [4.78, 5) is 22.6.